The van der Waals surface area contributed by atoms with Crippen molar-refractivity contribution in [2.75, 3.05) is 13.1 Å². The fourth-order valence-corrected chi connectivity index (χ4v) is 3.56. The molecule has 8 N–H and O–H groups in total. The van der Waals surface area contributed by atoms with Gasteiger partial charge in [-0.25, -0.2) is 4.79 Å². The summed E-state index contributed by atoms with van der Waals surface area (Å²) in [5, 5.41) is 23.3. The second-order valence-corrected chi connectivity index (χ2v) is 8.31. The van der Waals surface area contributed by atoms with E-state index in [-0.39, 0.29) is 12.5 Å². The minimum absolute atomic E-state index is 0.185. The highest BCUT2D eigenvalue weighted by Crippen LogP contribution is 2.20. The fraction of sp³-hybridized carbons (Fsp3) is 0.750. The van der Waals surface area contributed by atoms with Gasteiger partial charge in [0.2, 0.25) is 17.7 Å². The number of hydrogen-bond acceptors (Lipinski definition) is 7. The number of unbranched alkanes of at least 4 members (excludes halogenated alkanes) is 1. The van der Waals surface area contributed by atoms with Crippen LogP contribution >= 0.6 is 0 Å². The lowest BCUT2D eigenvalue weighted by atomic mass is 10.0. The molecule has 0 spiro atoms. The number of carbonyl (C=O) groups excluding carboxylic acids is 3. The van der Waals surface area contributed by atoms with Crippen molar-refractivity contribution in [1.82, 2.24) is 15.5 Å². The first-order chi connectivity index (χ1) is 15.0. The summed E-state index contributed by atoms with van der Waals surface area (Å²) in [5.41, 5.74) is 11.2. The highest BCUT2D eigenvalue weighted by Gasteiger charge is 2.40. The van der Waals surface area contributed by atoms with Gasteiger partial charge in [-0.3, -0.25) is 19.2 Å². The lowest BCUT2D eigenvalue weighted by Crippen LogP contribution is -2.57. The van der Waals surface area contributed by atoms with Gasteiger partial charge in [0.15, 0.2) is 0 Å². The van der Waals surface area contributed by atoms with Gasteiger partial charge in [0.05, 0.1) is 12.5 Å². The number of aliphatic carboxylic acids is 2. The van der Waals surface area contributed by atoms with Crippen molar-refractivity contribution in [1.29, 1.82) is 0 Å². The Morgan fingerprint density at radius 3 is 2.28 bits per heavy atom. The molecule has 1 fully saturated rings. The molecule has 0 saturated carbocycles. The van der Waals surface area contributed by atoms with Gasteiger partial charge in [-0.2, -0.15) is 0 Å². The van der Waals surface area contributed by atoms with Crippen LogP contribution in [0.4, 0.5) is 0 Å². The molecule has 0 aromatic carbocycles. The second-order valence-electron chi connectivity index (χ2n) is 8.31. The van der Waals surface area contributed by atoms with Crippen LogP contribution in [-0.2, 0) is 24.0 Å². The predicted octanol–water partition coefficient (Wildman–Crippen LogP) is -1.38. The summed E-state index contributed by atoms with van der Waals surface area (Å²) in [5.74, 6) is -4.87. The lowest BCUT2D eigenvalue weighted by molar-refractivity contribution is -0.147. The van der Waals surface area contributed by atoms with Crippen LogP contribution < -0.4 is 22.1 Å². The van der Waals surface area contributed by atoms with Crippen molar-refractivity contribution in [3.8, 4) is 0 Å². The molecule has 4 atom stereocenters. The van der Waals surface area contributed by atoms with Crippen molar-refractivity contribution in [3.05, 3.63) is 0 Å². The third-order valence-corrected chi connectivity index (χ3v) is 5.37. The van der Waals surface area contributed by atoms with E-state index in [0.717, 1.165) is 0 Å². The number of nitrogens with two attached hydrogens (primary N) is 2. The van der Waals surface area contributed by atoms with Crippen molar-refractivity contribution in [2.45, 2.75) is 76.5 Å². The zero-order valence-corrected chi connectivity index (χ0v) is 18.6. The quantitative estimate of drug-likeness (QED) is 0.180. The number of amides is 3. The molecule has 1 aliphatic heterocycles. The number of nitrogens with one attached hydrogen (secondary N) is 2. The molecule has 0 aliphatic carbocycles. The van der Waals surface area contributed by atoms with Gasteiger partial charge < -0.3 is 37.2 Å². The van der Waals surface area contributed by atoms with Crippen LogP contribution in [0, 0.1) is 5.92 Å². The Morgan fingerprint density at radius 2 is 1.75 bits per heavy atom. The summed E-state index contributed by atoms with van der Waals surface area (Å²) < 4.78 is 0. The van der Waals surface area contributed by atoms with Crippen molar-refractivity contribution >= 4 is 29.7 Å². The number of hydrogen-bond donors (Lipinski definition) is 6. The molecule has 12 heteroatoms. The fourth-order valence-electron chi connectivity index (χ4n) is 3.56. The summed E-state index contributed by atoms with van der Waals surface area (Å²) in [7, 11) is 0. The minimum atomic E-state index is -1.39. The average molecular weight is 458 g/mol. The first-order valence-electron chi connectivity index (χ1n) is 10.8. The number of carboxylic acid groups (broad SMARTS) is 2. The molecule has 0 aromatic heterocycles. The molecule has 0 aromatic rings. The van der Waals surface area contributed by atoms with E-state index in [9.17, 15) is 34.2 Å². The van der Waals surface area contributed by atoms with Crippen LogP contribution in [0.1, 0.15) is 52.4 Å². The monoisotopic (exact) mass is 457 g/mol. The van der Waals surface area contributed by atoms with Gasteiger partial charge in [0.25, 0.3) is 0 Å². The molecule has 0 radical (unpaired) electrons. The molecule has 32 heavy (non-hydrogen) atoms. The van der Waals surface area contributed by atoms with E-state index in [2.05, 4.69) is 10.6 Å². The van der Waals surface area contributed by atoms with Crippen molar-refractivity contribution < 1.29 is 34.2 Å². The van der Waals surface area contributed by atoms with E-state index in [1.54, 1.807) is 13.8 Å². The smallest absolute Gasteiger partial charge is 0.326 e. The first kappa shape index (κ1) is 27.3. The van der Waals surface area contributed by atoms with Gasteiger partial charge in [-0.1, -0.05) is 20.3 Å². The molecule has 0 bridgehead atoms. The van der Waals surface area contributed by atoms with Crippen LogP contribution in [0.2, 0.25) is 0 Å². The Hall–Kier alpha value is -2.73. The van der Waals surface area contributed by atoms with Crippen molar-refractivity contribution in [3.63, 3.8) is 0 Å². The SMILES string of the molecule is CC(C)C(NC(=O)C1CCCN1C(=O)C(CC(=O)O)NC(=O)C(N)CCCCN)C(=O)O. The number of rotatable bonds is 13. The topological polar surface area (TPSA) is 205 Å². The third kappa shape index (κ3) is 8.08. The molecule has 1 aliphatic rings. The Labute approximate surface area is 187 Å². The number of carbonyl (C=O) groups is 5. The summed E-state index contributed by atoms with van der Waals surface area (Å²) >= 11 is 0. The number of likely N-dealkylation sites (tertiary alicyclic amines) is 1. The first-order valence-corrected chi connectivity index (χ1v) is 10.8. The maximum atomic E-state index is 13.1. The molecule has 3 amide bonds. The molecular formula is C20H35N5O7. The minimum Gasteiger partial charge on any atom is -0.481 e. The Bertz CT molecular complexity index is 700. The normalized spacial score (nSPS) is 18.7. The van der Waals surface area contributed by atoms with Crippen LogP contribution in [0.3, 0.4) is 0 Å². The Balaban J connectivity index is 2.91. The highest BCUT2D eigenvalue weighted by atomic mass is 16.4. The van der Waals surface area contributed by atoms with E-state index >= 15 is 0 Å². The maximum absolute atomic E-state index is 13.1. The average Bonchev–Trinajstić information content (AvgIpc) is 3.19. The number of nitrogens with zero attached hydrogens (tertiary/aromatic N) is 1. The highest BCUT2D eigenvalue weighted by molar-refractivity contribution is 5.96. The molecule has 1 saturated heterocycles. The van der Waals surface area contributed by atoms with Crippen LogP contribution in [0.15, 0.2) is 0 Å². The van der Waals surface area contributed by atoms with Gasteiger partial charge in [0, 0.05) is 6.54 Å². The standard InChI is InChI=1S/C20H35N5O7/c1-11(2)16(20(31)32)24-18(29)14-7-5-9-25(14)19(30)13(10-15(26)27)23-17(28)12(22)6-3-4-8-21/h11-14,16H,3-10,21-22H2,1-2H3,(H,23,28)(H,24,29)(H,26,27)(H,31,32). The van der Waals surface area contributed by atoms with Crippen LogP contribution in [-0.4, -0.2) is 82.0 Å². The van der Waals surface area contributed by atoms with E-state index in [0.29, 0.717) is 38.6 Å². The molecule has 182 valence electrons. The largest absolute Gasteiger partial charge is 0.481 e. The third-order valence-electron chi connectivity index (χ3n) is 5.37. The molecular weight excluding hydrogens is 422 g/mol. The Kier molecular flexibility index (Phi) is 11.1. The zero-order valence-electron chi connectivity index (χ0n) is 18.6. The van der Waals surface area contributed by atoms with Crippen LogP contribution in [0.5, 0.6) is 0 Å². The van der Waals surface area contributed by atoms with Crippen molar-refractivity contribution in [2.24, 2.45) is 17.4 Å². The maximum Gasteiger partial charge on any atom is 0.326 e. The Morgan fingerprint density at radius 1 is 1.09 bits per heavy atom. The van der Waals surface area contributed by atoms with E-state index in [1.807, 2.05) is 0 Å². The molecule has 1 rings (SSSR count). The van der Waals surface area contributed by atoms with Gasteiger partial charge in [-0.05, 0) is 38.1 Å². The summed E-state index contributed by atoms with van der Waals surface area (Å²) in [6.45, 7) is 3.93. The zero-order chi connectivity index (χ0) is 24.4. The number of carboxylic acids is 2. The lowest BCUT2D eigenvalue weighted by Gasteiger charge is -2.30. The summed E-state index contributed by atoms with van der Waals surface area (Å²) in [6.07, 6.45) is 1.73. The second kappa shape index (κ2) is 13.0. The van der Waals surface area contributed by atoms with E-state index < -0.39 is 60.2 Å². The summed E-state index contributed by atoms with van der Waals surface area (Å²) in [6, 6.07) is -4.39. The van der Waals surface area contributed by atoms with Crippen LogP contribution in [0.25, 0.3) is 0 Å². The van der Waals surface area contributed by atoms with Gasteiger partial charge in [-0.15, -0.1) is 0 Å². The predicted molar refractivity (Wildman–Crippen MR) is 114 cm³/mol. The molecule has 4 unspecified atom stereocenters. The van der Waals surface area contributed by atoms with Gasteiger partial charge >= 0.3 is 11.9 Å². The summed E-state index contributed by atoms with van der Waals surface area (Å²) in [4.78, 5) is 62.0. The molecule has 12 nitrogen and oxygen atoms in total. The van der Waals surface area contributed by atoms with Gasteiger partial charge in [0.1, 0.15) is 18.1 Å². The van der Waals surface area contributed by atoms with E-state index in [1.165, 1.54) is 4.90 Å². The van der Waals surface area contributed by atoms with E-state index in [4.69, 9.17) is 11.5 Å². The molecule has 1 heterocycles.